The van der Waals surface area contributed by atoms with Crippen LogP contribution in [0, 0.1) is 5.92 Å². The van der Waals surface area contributed by atoms with Crippen molar-refractivity contribution in [3.63, 3.8) is 0 Å². The van der Waals surface area contributed by atoms with Gasteiger partial charge in [0.05, 0.1) is 16.5 Å². The zero-order valence-corrected chi connectivity index (χ0v) is 16.2. The highest BCUT2D eigenvalue weighted by molar-refractivity contribution is 6.34. The molecule has 3 amide bonds. The van der Waals surface area contributed by atoms with E-state index in [1.54, 1.807) is 6.07 Å². The number of halogens is 1. The minimum atomic E-state index is -0.951. The standard InChI is InChI=1S/C18H26ClN3O4/c1-5-6-11(16(24)25)10-20-15(23)13-9-12(7-8-14(13)19)21-17(26)22-18(2,3)4/h7-9,11H,5-6,10H2,1-4H3,(H,20,23)(H,24,25)(H2,21,22,26). The second-order valence-corrected chi connectivity index (χ2v) is 7.46. The van der Waals surface area contributed by atoms with E-state index in [0.29, 0.717) is 18.5 Å². The van der Waals surface area contributed by atoms with Crippen molar-refractivity contribution >= 4 is 35.2 Å². The van der Waals surface area contributed by atoms with Crippen LogP contribution in [0.15, 0.2) is 18.2 Å². The molecule has 1 aromatic rings. The van der Waals surface area contributed by atoms with Crippen molar-refractivity contribution < 1.29 is 19.5 Å². The van der Waals surface area contributed by atoms with Gasteiger partial charge in [0, 0.05) is 17.8 Å². The fraction of sp³-hybridized carbons (Fsp3) is 0.500. The first-order chi connectivity index (χ1) is 12.0. The molecule has 0 aliphatic heterocycles. The van der Waals surface area contributed by atoms with E-state index in [2.05, 4.69) is 16.0 Å². The molecular weight excluding hydrogens is 358 g/mol. The summed E-state index contributed by atoms with van der Waals surface area (Å²) in [4.78, 5) is 35.4. The maximum atomic E-state index is 12.3. The van der Waals surface area contributed by atoms with Gasteiger partial charge >= 0.3 is 12.0 Å². The van der Waals surface area contributed by atoms with Crippen molar-refractivity contribution in [2.75, 3.05) is 11.9 Å². The van der Waals surface area contributed by atoms with E-state index < -0.39 is 29.4 Å². The molecule has 7 nitrogen and oxygen atoms in total. The van der Waals surface area contributed by atoms with E-state index in [9.17, 15) is 14.4 Å². The highest BCUT2D eigenvalue weighted by atomic mass is 35.5. The van der Waals surface area contributed by atoms with Crippen LogP contribution in [0.4, 0.5) is 10.5 Å². The van der Waals surface area contributed by atoms with E-state index in [4.69, 9.17) is 16.7 Å². The summed E-state index contributed by atoms with van der Waals surface area (Å²) in [5, 5.41) is 17.3. The number of carbonyl (C=O) groups excluding carboxylic acids is 2. The summed E-state index contributed by atoms with van der Waals surface area (Å²) in [6.45, 7) is 7.44. The third kappa shape index (κ3) is 7.31. The summed E-state index contributed by atoms with van der Waals surface area (Å²) in [6, 6.07) is 4.14. The maximum absolute atomic E-state index is 12.3. The second kappa shape index (κ2) is 9.43. The normalized spacial score (nSPS) is 12.2. The highest BCUT2D eigenvalue weighted by Crippen LogP contribution is 2.21. The first-order valence-electron chi connectivity index (χ1n) is 8.43. The molecular formula is C18H26ClN3O4. The lowest BCUT2D eigenvalue weighted by atomic mass is 10.0. The number of carbonyl (C=O) groups is 3. The van der Waals surface area contributed by atoms with Crippen LogP contribution in [0.2, 0.25) is 5.02 Å². The molecule has 0 saturated heterocycles. The molecule has 0 aliphatic carbocycles. The third-order valence-corrected chi connectivity index (χ3v) is 3.78. The first kappa shape index (κ1) is 21.8. The van der Waals surface area contributed by atoms with Crippen molar-refractivity contribution in [2.24, 2.45) is 5.92 Å². The predicted octanol–water partition coefficient (Wildman–Crippen LogP) is 3.49. The van der Waals surface area contributed by atoms with Gasteiger partial charge in [-0.15, -0.1) is 0 Å². The summed E-state index contributed by atoms with van der Waals surface area (Å²) in [5.74, 6) is -2.09. The number of carboxylic acids is 1. The average Bonchev–Trinajstić information content (AvgIpc) is 2.50. The molecule has 4 N–H and O–H groups in total. The number of anilines is 1. The Morgan fingerprint density at radius 3 is 2.42 bits per heavy atom. The van der Waals surface area contributed by atoms with Gasteiger partial charge < -0.3 is 21.1 Å². The number of hydrogen-bond acceptors (Lipinski definition) is 3. The molecule has 0 aromatic heterocycles. The molecule has 1 aromatic carbocycles. The molecule has 0 saturated carbocycles. The van der Waals surface area contributed by atoms with E-state index in [1.165, 1.54) is 12.1 Å². The van der Waals surface area contributed by atoms with Crippen molar-refractivity contribution in [2.45, 2.75) is 46.1 Å². The van der Waals surface area contributed by atoms with Crippen LogP contribution in [-0.4, -0.2) is 35.1 Å². The van der Waals surface area contributed by atoms with Gasteiger partial charge in [-0.1, -0.05) is 24.9 Å². The SMILES string of the molecule is CCCC(CNC(=O)c1cc(NC(=O)NC(C)(C)C)ccc1Cl)C(=O)O. The lowest BCUT2D eigenvalue weighted by molar-refractivity contribution is -0.141. The van der Waals surface area contributed by atoms with Gasteiger partial charge in [0.1, 0.15) is 0 Å². The van der Waals surface area contributed by atoms with Gasteiger partial charge in [0.15, 0.2) is 0 Å². The topological polar surface area (TPSA) is 108 Å². The van der Waals surface area contributed by atoms with Gasteiger partial charge in [0.2, 0.25) is 0 Å². The smallest absolute Gasteiger partial charge is 0.319 e. The minimum absolute atomic E-state index is 0.0144. The number of nitrogens with one attached hydrogen (secondary N) is 3. The Balaban J connectivity index is 2.81. The van der Waals surface area contributed by atoms with Crippen molar-refractivity contribution in [1.29, 1.82) is 0 Å². The Bertz CT molecular complexity index is 671. The fourth-order valence-corrected chi connectivity index (χ4v) is 2.46. The molecule has 0 aliphatic rings. The van der Waals surface area contributed by atoms with Crippen LogP contribution in [0.25, 0.3) is 0 Å². The van der Waals surface area contributed by atoms with E-state index in [0.717, 1.165) is 0 Å². The lowest BCUT2D eigenvalue weighted by Gasteiger charge is -2.21. The van der Waals surface area contributed by atoms with Crippen LogP contribution < -0.4 is 16.0 Å². The maximum Gasteiger partial charge on any atom is 0.319 e. The molecule has 0 heterocycles. The molecule has 0 spiro atoms. The first-order valence-corrected chi connectivity index (χ1v) is 8.81. The number of urea groups is 1. The number of carboxylic acid groups (broad SMARTS) is 1. The molecule has 0 bridgehead atoms. The van der Waals surface area contributed by atoms with E-state index in [-0.39, 0.29) is 17.1 Å². The van der Waals surface area contributed by atoms with Gasteiger partial charge in [-0.2, -0.15) is 0 Å². The molecule has 1 rings (SSSR count). The molecule has 1 unspecified atom stereocenters. The Morgan fingerprint density at radius 2 is 1.88 bits per heavy atom. The molecule has 0 radical (unpaired) electrons. The highest BCUT2D eigenvalue weighted by Gasteiger charge is 2.19. The Morgan fingerprint density at radius 1 is 1.23 bits per heavy atom. The van der Waals surface area contributed by atoms with Crippen LogP contribution >= 0.6 is 11.6 Å². The monoisotopic (exact) mass is 383 g/mol. The van der Waals surface area contributed by atoms with E-state index in [1.807, 2.05) is 27.7 Å². The molecule has 144 valence electrons. The van der Waals surface area contributed by atoms with Gasteiger partial charge in [-0.25, -0.2) is 4.79 Å². The quantitative estimate of drug-likeness (QED) is 0.578. The number of amides is 3. The molecule has 1 atom stereocenters. The predicted molar refractivity (Wildman–Crippen MR) is 102 cm³/mol. The van der Waals surface area contributed by atoms with Crippen molar-refractivity contribution in [1.82, 2.24) is 10.6 Å². The van der Waals surface area contributed by atoms with Gasteiger partial charge in [0.25, 0.3) is 5.91 Å². The number of rotatable bonds is 7. The van der Waals surface area contributed by atoms with Gasteiger partial charge in [-0.05, 0) is 45.4 Å². The van der Waals surface area contributed by atoms with Crippen LogP contribution in [0.1, 0.15) is 50.9 Å². The summed E-state index contributed by atoms with van der Waals surface area (Å²) in [7, 11) is 0. The second-order valence-electron chi connectivity index (χ2n) is 7.06. The Labute approximate surface area is 158 Å². The Kier molecular flexibility index (Phi) is 7.89. The number of hydrogen-bond donors (Lipinski definition) is 4. The van der Waals surface area contributed by atoms with Gasteiger partial charge in [-0.3, -0.25) is 9.59 Å². The van der Waals surface area contributed by atoms with Crippen molar-refractivity contribution in [3.05, 3.63) is 28.8 Å². The molecule has 0 fully saturated rings. The van der Waals surface area contributed by atoms with E-state index >= 15 is 0 Å². The molecule has 26 heavy (non-hydrogen) atoms. The average molecular weight is 384 g/mol. The number of aliphatic carboxylic acids is 1. The summed E-state index contributed by atoms with van der Waals surface area (Å²) in [6.07, 6.45) is 1.17. The van der Waals surface area contributed by atoms with Crippen LogP contribution in [0.5, 0.6) is 0 Å². The summed E-state index contributed by atoms with van der Waals surface area (Å²) in [5.41, 5.74) is 0.174. The van der Waals surface area contributed by atoms with Crippen molar-refractivity contribution in [3.8, 4) is 0 Å². The zero-order valence-electron chi connectivity index (χ0n) is 15.5. The number of benzene rings is 1. The fourth-order valence-electron chi connectivity index (χ4n) is 2.25. The largest absolute Gasteiger partial charge is 0.481 e. The Hall–Kier alpha value is -2.28. The molecule has 8 heteroatoms. The third-order valence-electron chi connectivity index (χ3n) is 3.45. The van der Waals surface area contributed by atoms with Crippen LogP contribution in [0.3, 0.4) is 0 Å². The minimum Gasteiger partial charge on any atom is -0.481 e. The summed E-state index contributed by atoms with van der Waals surface area (Å²) < 4.78 is 0. The summed E-state index contributed by atoms with van der Waals surface area (Å²) >= 11 is 6.07. The van der Waals surface area contributed by atoms with Crippen LogP contribution in [-0.2, 0) is 4.79 Å². The lowest BCUT2D eigenvalue weighted by Crippen LogP contribution is -2.43. The zero-order chi connectivity index (χ0) is 19.9.